The van der Waals surface area contributed by atoms with Crippen LogP contribution in [0, 0.1) is 0 Å². The van der Waals surface area contributed by atoms with Gasteiger partial charge in [-0.25, -0.2) is 0 Å². The third-order valence-corrected chi connectivity index (χ3v) is 3.17. The molecule has 0 aliphatic carbocycles. The van der Waals surface area contributed by atoms with Gasteiger partial charge in [0.15, 0.2) is 0 Å². The van der Waals surface area contributed by atoms with Gasteiger partial charge >= 0.3 is 0 Å². The maximum absolute atomic E-state index is 6.11. The van der Waals surface area contributed by atoms with Crippen molar-refractivity contribution < 1.29 is 4.74 Å². The molecule has 0 amide bonds. The van der Waals surface area contributed by atoms with E-state index in [1.807, 2.05) is 13.1 Å². The number of hydrogen-bond acceptors (Lipinski definition) is 3. The van der Waals surface area contributed by atoms with Crippen LogP contribution in [0.3, 0.4) is 0 Å². The molecule has 0 bridgehead atoms. The van der Waals surface area contributed by atoms with E-state index in [0.717, 1.165) is 18.6 Å². The molecule has 3 nitrogen and oxygen atoms in total. The number of methoxy groups -OCH3 is 1. The molecule has 0 spiro atoms. The molecule has 0 aliphatic heterocycles. The molecule has 0 fully saturated rings. The maximum atomic E-state index is 6.11. The molecule has 1 aromatic carbocycles. The van der Waals surface area contributed by atoms with Crippen LogP contribution in [-0.2, 0) is 6.42 Å². The molecule has 0 heterocycles. The van der Waals surface area contributed by atoms with E-state index in [0.29, 0.717) is 0 Å². The molecular weight excluding hydrogens is 224 g/mol. The third kappa shape index (κ3) is 4.00. The van der Waals surface area contributed by atoms with E-state index >= 15 is 0 Å². The Balaban J connectivity index is 3.00. The van der Waals surface area contributed by atoms with Crippen molar-refractivity contribution in [3.63, 3.8) is 0 Å². The molecule has 18 heavy (non-hydrogen) atoms. The zero-order valence-electron chi connectivity index (χ0n) is 12.2. The van der Waals surface area contributed by atoms with Crippen molar-refractivity contribution in [2.24, 2.45) is 5.73 Å². The number of nitrogens with one attached hydrogen (secondary N) is 1. The summed E-state index contributed by atoms with van der Waals surface area (Å²) in [5.41, 5.74) is 8.44. The number of rotatable bonds is 6. The van der Waals surface area contributed by atoms with Gasteiger partial charge in [0.1, 0.15) is 5.75 Å². The topological polar surface area (TPSA) is 47.3 Å². The van der Waals surface area contributed by atoms with Gasteiger partial charge in [0.25, 0.3) is 0 Å². The highest BCUT2D eigenvalue weighted by Crippen LogP contribution is 2.27. The van der Waals surface area contributed by atoms with Crippen molar-refractivity contribution >= 4 is 0 Å². The largest absolute Gasteiger partial charge is 0.496 e. The molecule has 0 aliphatic rings. The van der Waals surface area contributed by atoms with Crippen LogP contribution in [0.25, 0.3) is 0 Å². The summed E-state index contributed by atoms with van der Waals surface area (Å²) < 4.78 is 5.36. The highest BCUT2D eigenvalue weighted by Gasteiger charge is 2.19. The minimum Gasteiger partial charge on any atom is -0.496 e. The Morgan fingerprint density at radius 3 is 2.50 bits per heavy atom. The molecule has 3 N–H and O–H groups in total. The van der Waals surface area contributed by atoms with Gasteiger partial charge in [0, 0.05) is 11.6 Å². The first-order valence-corrected chi connectivity index (χ1v) is 6.54. The fourth-order valence-corrected chi connectivity index (χ4v) is 2.20. The zero-order valence-corrected chi connectivity index (χ0v) is 12.2. The van der Waals surface area contributed by atoms with E-state index in [-0.39, 0.29) is 11.6 Å². The predicted molar refractivity (Wildman–Crippen MR) is 77.1 cm³/mol. The lowest BCUT2D eigenvalue weighted by Crippen LogP contribution is -2.36. The number of nitrogens with two attached hydrogens (primary N) is 1. The van der Waals surface area contributed by atoms with E-state index in [9.17, 15) is 0 Å². The molecule has 1 unspecified atom stereocenters. The Morgan fingerprint density at radius 1 is 1.39 bits per heavy atom. The van der Waals surface area contributed by atoms with Crippen molar-refractivity contribution in [3.05, 3.63) is 29.3 Å². The summed E-state index contributed by atoms with van der Waals surface area (Å²) in [5.74, 6) is 0.961. The highest BCUT2D eigenvalue weighted by atomic mass is 16.5. The fourth-order valence-electron chi connectivity index (χ4n) is 2.20. The molecule has 3 heteroatoms. The third-order valence-electron chi connectivity index (χ3n) is 3.17. The molecule has 0 radical (unpaired) electrons. The average molecular weight is 250 g/mol. The van der Waals surface area contributed by atoms with Gasteiger partial charge in [-0.3, -0.25) is 0 Å². The molecule has 1 atom stereocenters. The normalized spacial score (nSPS) is 13.4. The quantitative estimate of drug-likeness (QED) is 0.816. The molecule has 0 aromatic heterocycles. The summed E-state index contributed by atoms with van der Waals surface area (Å²) in [6.45, 7) is 6.26. The van der Waals surface area contributed by atoms with Crippen LogP contribution in [0.15, 0.2) is 18.2 Å². The SMILES string of the molecule is CCc1cc(C(CC(C)(C)N)NC)ccc1OC. The molecule has 0 saturated heterocycles. The summed E-state index contributed by atoms with van der Waals surface area (Å²) >= 11 is 0. The van der Waals surface area contributed by atoms with Crippen LogP contribution in [0.5, 0.6) is 5.75 Å². The van der Waals surface area contributed by atoms with Gasteiger partial charge in [-0.1, -0.05) is 19.1 Å². The Kier molecular flexibility index (Phi) is 5.17. The summed E-state index contributed by atoms with van der Waals surface area (Å²) in [6.07, 6.45) is 1.87. The second-order valence-electron chi connectivity index (χ2n) is 5.46. The minimum absolute atomic E-state index is 0.181. The number of benzene rings is 1. The smallest absolute Gasteiger partial charge is 0.122 e. The molecule has 0 saturated carbocycles. The van der Waals surface area contributed by atoms with Crippen LogP contribution < -0.4 is 15.8 Å². The van der Waals surface area contributed by atoms with Gasteiger partial charge in [0.05, 0.1) is 7.11 Å². The lowest BCUT2D eigenvalue weighted by atomic mass is 9.91. The number of aryl methyl sites for hydroxylation is 1. The highest BCUT2D eigenvalue weighted by molar-refractivity contribution is 5.38. The van der Waals surface area contributed by atoms with E-state index < -0.39 is 0 Å². The Hall–Kier alpha value is -1.06. The van der Waals surface area contributed by atoms with Crippen molar-refractivity contribution in [1.29, 1.82) is 0 Å². The van der Waals surface area contributed by atoms with E-state index in [1.54, 1.807) is 7.11 Å². The fraction of sp³-hybridized carbons (Fsp3) is 0.600. The van der Waals surface area contributed by atoms with E-state index in [4.69, 9.17) is 10.5 Å². The van der Waals surface area contributed by atoms with Crippen LogP contribution in [-0.4, -0.2) is 19.7 Å². The van der Waals surface area contributed by atoms with Crippen LogP contribution in [0.4, 0.5) is 0 Å². The standard InChI is InChI=1S/C15H26N2O/c1-6-11-9-12(7-8-14(11)18-5)13(17-4)10-15(2,3)16/h7-9,13,17H,6,10,16H2,1-5H3. The van der Waals surface area contributed by atoms with Crippen LogP contribution in [0.1, 0.15) is 44.4 Å². The molecule has 102 valence electrons. The molecular formula is C15H26N2O. The Labute approximate surface area is 111 Å². The van der Waals surface area contributed by atoms with Crippen LogP contribution in [0.2, 0.25) is 0 Å². The summed E-state index contributed by atoms with van der Waals surface area (Å²) in [7, 11) is 3.69. The summed E-state index contributed by atoms with van der Waals surface area (Å²) in [5, 5.41) is 3.34. The van der Waals surface area contributed by atoms with Gasteiger partial charge in [-0.05, 0) is 50.9 Å². The monoisotopic (exact) mass is 250 g/mol. The average Bonchev–Trinajstić information content (AvgIpc) is 2.34. The first kappa shape index (κ1) is 15.0. The lowest BCUT2D eigenvalue weighted by Gasteiger charge is -2.26. The lowest BCUT2D eigenvalue weighted by molar-refractivity contribution is 0.393. The number of hydrogen-bond donors (Lipinski definition) is 2. The minimum atomic E-state index is -0.181. The maximum Gasteiger partial charge on any atom is 0.122 e. The van der Waals surface area contributed by atoms with Crippen molar-refractivity contribution in [3.8, 4) is 5.75 Å². The Morgan fingerprint density at radius 2 is 2.06 bits per heavy atom. The van der Waals surface area contributed by atoms with Gasteiger partial charge in [-0.15, -0.1) is 0 Å². The van der Waals surface area contributed by atoms with Crippen molar-refractivity contribution in [2.45, 2.75) is 45.2 Å². The van der Waals surface area contributed by atoms with Gasteiger partial charge < -0.3 is 15.8 Å². The summed E-state index contributed by atoms with van der Waals surface area (Å²) in [6, 6.07) is 6.65. The van der Waals surface area contributed by atoms with E-state index in [1.165, 1.54) is 11.1 Å². The van der Waals surface area contributed by atoms with Gasteiger partial charge in [-0.2, -0.15) is 0 Å². The van der Waals surface area contributed by atoms with Gasteiger partial charge in [0.2, 0.25) is 0 Å². The number of ether oxygens (including phenoxy) is 1. The molecule has 1 aromatic rings. The van der Waals surface area contributed by atoms with Crippen molar-refractivity contribution in [1.82, 2.24) is 5.32 Å². The second kappa shape index (κ2) is 6.21. The Bertz CT molecular complexity index is 383. The second-order valence-corrected chi connectivity index (χ2v) is 5.46. The zero-order chi connectivity index (χ0) is 13.8. The molecule has 1 rings (SSSR count). The summed E-state index contributed by atoms with van der Waals surface area (Å²) in [4.78, 5) is 0. The van der Waals surface area contributed by atoms with Crippen molar-refractivity contribution in [2.75, 3.05) is 14.2 Å². The first-order valence-electron chi connectivity index (χ1n) is 6.54. The first-order chi connectivity index (χ1) is 8.41. The van der Waals surface area contributed by atoms with Crippen LogP contribution >= 0.6 is 0 Å². The predicted octanol–water partition coefficient (Wildman–Crippen LogP) is 2.65. The van der Waals surface area contributed by atoms with E-state index in [2.05, 4.69) is 38.2 Å².